The molecule has 2 aromatic carbocycles. The van der Waals surface area contributed by atoms with Gasteiger partial charge in [0.05, 0.1) is 11.6 Å². The monoisotopic (exact) mass is 302 g/mol. The zero-order valence-corrected chi connectivity index (χ0v) is 13.8. The molecule has 4 rings (SSSR count). The first-order valence-electron chi connectivity index (χ1n) is 8.46. The third-order valence-corrected chi connectivity index (χ3v) is 6.22. The number of hydrogen-bond donors (Lipinski definition) is 0. The van der Waals surface area contributed by atoms with Crippen molar-refractivity contribution in [1.29, 1.82) is 5.26 Å². The summed E-state index contributed by atoms with van der Waals surface area (Å²) in [6.07, 6.45) is 2.21. The highest BCUT2D eigenvalue weighted by molar-refractivity contribution is 5.51. The van der Waals surface area contributed by atoms with Gasteiger partial charge in [-0.25, -0.2) is 0 Å². The Bertz CT molecular complexity index is 774. The maximum Gasteiger partial charge on any atom is 0.0991 e. The zero-order valence-electron chi connectivity index (χ0n) is 13.8. The number of likely N-dealkylation sites (tertiary alicyclic amines) is 1. The van der Waals surface area contributed by atoms with Gasteiger partial charge in [-0.05, 0) is 61.2 Å². The van der Waals surface area contributed by atoms with Gasteiger partial charge >= 0.3 is 0 Å². The number of likely N-dealkylation sites (N-methyl/N-ethyl adjacent to an activating group) is 1. The molecule has 0 N–H and O–H groups in total. The lowest BCUT2D eigenvalue weighted by molar-refractivity contribution is 0.0615. The van der Waals surface area contributed by atoms with Crippen LogP contribution in [-0.4, -0.2) is 24.5 Å². The summed E-state index contributed by atoms with van der Waals surface area (Å²) in [5.74, 6) is 0.546. The molecule has 0 radical (unpaired) electrons. The Hall–Kier alpha value is -2.11. The highest BCUT2D eigenvalue weighted by Gasteiger charge is 2.51. The van der Waals surface area contributed by atoms with Gasteiger partial charge in [-0.1, -0.05) is 43.3 Å². The molecule has 2 nitrogen and oxygen atoms in total. The molecule has 2 aromatic rings. The van der Waals surface area contributed by atoms with Gasteiger partial charge in [-0.2, -0.15) is 5.26 Å². The highest BCUT2D eigenvalue weighted by atomic mass is 15.1. The van der Waals surface area contributed by atoms with Crippen LogP contribution in [0.1, 0.15) is 35.6 Å². The summed E-state index contributed by atoms with van der Waals surface area (Å²) in [5, 5.41) is 9.37. The molecule has 0 saturated carbocycles. The molecule has 23 heavy (non-hydrogen) atoms. The number of rotatable bonds is 1. The number of nitrogens with zero attached hydrogens (tertiary/aromatic N) is 2. The van der Waals surface area contributed by atoms with Gasteiger partial charge in [0.1, 0.15) is 0 Å². The number of nitriles is 1. The van der Waals surface area contributed by atoms with E-state index in [2.05, 4.69) is 67.4 Å². The van der Waals surface area contributed by atoms with Crippen molar-refractivity contribution in [3.05, 3.63) is 70.8 Å². The van der Waals surface area contributed by atoms with Gasteiger partial charge in [-0.15, -0.1) is 0 Å². The normalized spacial score (nSPS) is 29.6. The number of benzene rings is 2. The Labute approximate surface area is 138 Å². The van der Waals surface area contributed by atoms with Crippen LogP contribution in [0, 0.1) is 17.2 Å². The summed E-state index contributed by atoms with van der Waals surface area (Å²) >= 11 is 0. The molecule has 1 saturated heterocycles. The lowest BCUT2D eigenvalue weighted by Gasteiger charge is -2.55. The van der Waals surface area contributed by atoms with E-state index in [0.717, 1.165) is 24.9 Å². The second-order valence-corrected chi connectivity index (χ2v) is 7.11. The van der Waals surface area contributed by atoms with E-state index in [4.69, 9.17) is 0 Å². The van der Waals surface area contributed by atoms with Crippen molar-refractivity contribution >= 4 is 0 Å². The Morgan fingerprint density at radius 2 is 1.96 bits per heavy atom. The molecule has 1 fully saturated rings. The van der Waals surface area contributed by atoms with Crippen molar-refractivity contribution < 1.29 is 0 Å². The lowest BCUT2D eigenvalue weighted by Crippen LogP contribution is -2.58. The standard InChI is InChI=1S/C21H22N2/c1-15-20-13-17-9-8-16(14-22)12-19(17)21(15,10-11-23(20)2)18-6-4-3-5-7-18/h3-9,12,15,20H,10-11,13H2,1-2H3/t15-,20-,21-/m1/s1. The van der Waals surface area contributed by atoms with Gasteiger partial charge in [0, 0.05) is 11.5 Å². The molecule has 2 bridgehead atoms. The SMILES string of the molecule is C[C@@H]1[C@H]2Cc3ccc(C#N)cc3[C@]1(c1ccccc1)CCN2C. The van der Waals surface area contributed by atoms with Gasteiger partial charge in [-0.3, -0.25) is 0 Å². The van der Waals surface area contributed by atoms with E-state index in [0.29, 0.717) is 12.0 Å². The van der Waals surface area contributed by atoms with E-state index in [9.17, 15) is 5.26 Å². The average Bonchev–Trinajstić information content (AvgIpc) is 2.59. The Kier molecular flexibility index (Phi) is 3.28. The van der Waals surface area contributed by atoms with Gasteiger partial charge in [0.15, 0.2) is 0 Å². The van der Waals surface area contributed by atoms with Crippen LogP contribution in [-0.2, 0) is 11.8 Å². The van der Waals surface area contributed by atoms with Gasteiger partial charge in [0.2, 0.25) is 0 Å². The van der Waals surface area contributed by atoms with Crippen LogP contribution in [0.15, 0.2) is 48.5 Å². The second-order valence-electron chi connectivity index (χ2n) is 7.11. The first-order chi connectivity index (χ1) is 11.2. The minimum atomic E-state index is 0.0406. The van der Waals surface area contributed by atoms with Crippen LogP contribution < -0.4 is 0 Å². The Morgan fingerprint density at radius 3 is 2.70 bits per heavy atom. The van der Waals surface area contributed by atoms with E-state index in [1.165, 1.54) is 16.7 Å². The smallest absolute Gasteiger partial charge is 0.0991 e. The fraction of sp³-hybridized carbons (Fsp3) is 0.381. The lowest BCUT2D eigenvalue weighted by atomic mass is 9.55. The zero-order chi connectivity index (χ0) is 16.0. The third-order valence-electron chi connectivity index (χ3n) is 6.22. The van der Waals surface area contributed by atoms with E-state index < -0.39 is 0 Å². The topological polar surface area (TPSA) is 27.0 Å². The molecular weight excluding hydrogens is 280 g/mol. The van der Waals surface area contributed by atoms with Crippen LogP contribution in [0.2, 0.25) is 0 Å². The largest absolute Gasteiger partial charge is 0.303 e. The van der Waals surface area contributed by atoms with E-state index in [1.807, 2.05) is 6.07 Å². The quantitative estimate of drug-likeness (QED) is 0.802. The number of fused-ring (bicyclic) bond motifs is 4. The summed E-state index contributed by atoms with van der Waals surface area (Å²) in [7, 11) is 2.25. The summed E-state index contributed by atoms with van der Waals surface area (Å²) < 4.78 is 0. The first kappa shape index (κ1) is 14.5. The maximum atomic E-state index is 9.37. The molecule has 3 atom stereocenters. The summed E-state index contributed by atoms with van der Waals surface area (Å²) in [5.41, 5.74) is 5.03. The fourth-order valence-electron chi connectivity index (χ4n) is 4.93. The minimum absolute atomic E-state index is 0.0406. The summed E-state index contributed by atoms with van der Waals surface area (Å²) in [6, 6.07) is 20.1. The predicted octanol–water partition coefficient (Wildman–Crippen LogP) is 3.74. The number of piperidine rings is 1. The molecular formula is C21H22N2. The second kappa shape index (κ2) is 5.22. The molecule has 2 heteroatoms. The molecule has 0 amide bonds. The third kappa shape index (κ3) is 1.97. The van der Waals surface area contributed by atoms with Crippen LogP contribution in [0.4, 0.5) is 0 Å². The molecule has 2 aliphatic rings. The van der Waals surface area contributed by atoms with E-state index in [1.54, 1.807) is 0 Å². The summed E-state index contributed by atoms with van der Waals surface area (Å²) in [4.78, 5) is 2.52. The van der Waals surface area contributed by atoms with Gasteiger partial charge < -0.3 is 4.90 Å². The number of hydrogen-bond acceptors (Lipinski definition) is 2. The summed E-state index contributed by atoms with van der Waals surface area (Å²) in [6.45, 7) is 3.51. The molecule has 1 aliphatic heterocycles. The molecule has 0 spiro atoms. The van der Waals surface area contributed by atoms with Crippen molar-refractivity contribution in [2.75, 3.05) is 13.6 Å². The van der Waals surface area contributed by atoms with Crippen LogP contribution in [0.25, 0.3) is 0 Å². The molecule has 0 aromatic heterocycles. The maximum absolute atomic E-state index is 9.37. The van der Waals surface area contributed by atoms with Crippen molar-refractivity contribution in [3.63, 3.8) is 0 Å². The van der Waals surface area contributed by atoms with Crippen molar-refractivity contribution in [2.24, 2.45) is 5.92 Å². The molecule has 1 aliphatic carbocycles. The van der Waals surface area contributed by atoms with Crippen LogP contribution in [0.3, 0.4) is 0 Å². The van der Waals surface area contributed by atoms with E-state index in [-0.39, 0.29) is 5.41 Å². The highest BCUT2D eigenvalue weighted by Crippen LogP contribution is 2.52. The van der Waals surface area contributed by atoms with Crippen LogP contribution >= 0.6 is 0 Å². The van der Waals surface area contributed by atoms with Crippen molar-refractivity contribution in [3.8, 4) is 6.07 Å². The fourth-order valence-corrected chi connectivity index (χ4v) is 4.93. The average molecular weight is 302 g/mol. The molecule has 116 valence electrons. The van der Waals surface area contributed by atoms with Crippen molar-refractivity contribution in [1.82, 2.24) is 4.90 Å². The molecule has 1 heterocycles. The van der Waals surface area contributed by atoms with Crippen LogP contribution in [0.5, 0.6) is 0 Å². The first-order valence-corrected chi connectivity index (χ1v) is 8.46. The minimum Gasteiger partial charge on any atom is -0.303 e. The molecule has 0 unspecified atom stereocenters. The Morgan fingerprint density at radius 1 is 1.17 bits per heavy atom. The Balaban J connectivity index is 2.00. The predicted molar refractivity (Wildman–Crippen MR) is 92.3 cm³/mol. The van der Waals surface area contributed by atoms with Crippen molar-refractivity contribution in [2.45, 2.75) is 31.2 Å². The van der Waals surface area contributed by atoms with Gasteiger partial charge in [0.25, 0.3) is 0 Å². The van der Waals surface area contributed by atoms with E-state index >= 15 is 0 Å².